The molecule has 3 aromatic rings. The molecule has 0 amide bonds. The second-order valence-corrected chi connectivity index (χ2v) is 9.00. The van der Waals surface area contributed by atoms with Crippen molar-refractivity contribution < 1.29 is 8.42 Å². The smallest absolute Gasteiger partial charge is 0.255 e. The van der Waals surface area contributed by atoms with Crippen LogP contribution in [0.2, 0.25) is 0 Å². The summed E-state index contributed by atoms with van der Waals surface area (Å²) in [6.07, 6.45) is 0.935. The average Bonchev–Trinajstić information content (AvgIpc) is 2.90. The maximum atomic E-state index is 12.6. The van der Waals surface area contributed by atoms with Crippen LogP contribution in [0.4, 0.5) is 5.13 Å². The first-order valence-corrected chi connectivity index (χ1v) is 10.1. The molecule has 6 heteroatoms. The van der Waals surface area contributed by atoms with Gasteiger partial charge in [-0.1, -0.05) is 49.4 Å². The number of para-hydroxylation sites is 1. The summed E-state index contributed by atoms with van der Waals surface area (Å²) >= 11 is 1.34. The van der Waals surface area contributed by atoms with E-state index in [-0.39, 0.29) is 4.90 Å². The van der Waals surface area contributed by atoms with Crippen LogP contribution in [0.15, 0.2) is 47.4 Å². The molecule has 0 atom stereocenters. The van der Waals surface area contributed by atoms with Crippen molar-refractivity contribution in [2.24, 2.45) is 5.92 Å². The van der Waals surface area contributed by atoms with E-state index in [9.17, 15) is 8.42 Å². The van der Waals surface area contributed by atoms with Crippen LogP contribution >= 0.6 is 11.3 Å². The van der Waals surface area contributed by atoms with E-state index in [1.807, 2.05) is 37.3 Å². The summed E-state index contributed by atoms with van der Waals surface area (Å²) in [5.41, 5.74) is 3.01. The number of nitrogens with one attached hydrogen (secondary N) is 1. The summed E-state index contributed by atoms with van der Waals surface area (Å²) in [6.45, 7) is 6.25. The van der Waals surface area contributed by atoms with Gasteiger partial charge in [-0.15, -0.1) is 0 Å². The normalized spacial score (nSPS) is 12.0. The van der Waals surface area contributed by atoms with E-state index in [0.717, 1.165) is 27.8 Å². The van der Waals surface area contributed by atoms with E-state index in [0.29, 0.717) is 11.0 Å². The van der Waals surface area contributed by atoms with Gasteiger partial charge in [0.25, 0.3) is 10.0 Å². The quantitative estimate of drug-likeness (QED) is 0.723. The van der Waals surface area contributed by atoms with Crippen LogP contribution in [0.5, 0.6) is 0 Å². The van der Waals surface area contributed by atoms with Crippen molar-refractivity contribution >= 4 is 36.7 Å². The lowest BCUT2D eigenvalue weighted by molar-refractivity contribution is 0.601. The van der Waals surface area contributed by atoms with E-state index >= 15 is 0 Å². The van der Waals surface area contributed by atoms with Crippen LogP contribution in [-0.2, 0) is 16.4 Å². The molecule has 24 heavy (non-hydrogen) atoms. The van der Waals surface area contributed by atoms with Gasteiger partial charge < -0.3 is 0 Å². The van der Waals surface area contributed by atoms with E-state index in [4.69, 9.17) is 0 Å². The van der Waals surface area contributed by atoms with Gasteiger partial charge in [0.2, 0.25) is 0 Å². The molecule has 126 valence electrons. The first kappa shape index (κ1) is 16.9. The van der Waals surface area contributed by atoms with Gasteiger partial charge in [-0.3, -0.25) is 4.72 Å². The van der Waals surface area contributed by atoms with Crippen molar-refractivity contribution in [1.82, 2.24) is 4.98 Å². The second-order valence-electron chi connectivity index (χ2n) is 6.29. The number of fused-ring (bicyclic) bond motifs is 1. The lowest BCUT2D eigenvalue weighted by Gasteiger charge is -2.08. The van der Waals surface area contributed by atoms with E-state index in [1.54, 1.807) is 12.1 Å². The summed E-state index contributed by atoms with van der Waals surface area (Å²) in [6, 6.07) is 12.9. The Hall–Kier alpha value is -1.92. The molecule has 0 aliphatic heterocycles. The molecule has 4 nitrogen and oxygen atoms in total. The Bertz CT molecular complexity index is 958. The van der Waals surface area contributed by atoms with Crippen LogP contribution in [0.25, 0.3) is 10.2 Å². The molecule has 3 rings (SSSR count). The van der Waals surface area contributed by atoms with Crippen LogP contribution in [-0.4, -0.2) is 13.4 Å². The number of aromatic nitrogens is 1. The molecule has 0 saturated heterocycles. The lowest BCUT2D eigenvalue weighted by Crippen LogP contribution is -2.12. The maximum Gasteiger partial charge on any atom is 0.263 e. The maximum absolute atomic E-state index is 12.6. The first-order valence-electron chi connectivity index (χ1n) is 7.83. The minimum Gasteiger partial charge on any atom is -0.255 e. The fraction of sp³-hybridized carbons (Fsp3) is 0.278. The van der Waals surface area contributed by atoms with Gasteiger partial charge in [0.05, 0.1) is 15.1 Å². The predicted molar refractivity (Wildman–Crippen MR) is 100 cm³/mol. The predicted octanol–water partition coefficient (Wildman–Crippen LogP) is 4.60. The molecule has 0 spiro atoms. The molecule has 0 radical (unpaired) electrons. The van der Waals surface area contributed by atoms with Crippen LogP contribution in [0, 0.1) is 12.8 Å². The van der Waals surface area contributed by atoms with Crippen LogP contribution in [0.3, 0.4) is 0 Å². The van der Waals surface area contributed by atoms with Gasteiger partial charge in [0.1, 0.15) is 0 Å². The van der Waals surface area contributed by atoms with Gasteiger partial charge in [-0.2, -0.15) is 0 Å². The number of sulfonamides is 1. The highest BCUT2D eigenvalue weighted by Crippen LogP contribution is 2.29. The van der Waals surface area contributed by atoms with Crippen molar-refractivity contribution in [3.8, 4) is 0 Å². The molecule has 0 saturated carbocycles. The minimum absolute atomic E-state index is 0.256. The highest BCUT2D eigenvalue weighted by Gasteiger charge is 2.17. The Morgan fingerprint density at radius 1 is 1.12 bits per heavy atom. The van der Waals surface area contributed by atoms with Crippen molar-refractivity contribution in [2.45, 2.75) is 32.1 Å². The summed E-state index contributed by atoms with van der Waals surface area (Å²) in [4.78, 5) is 4.66. The van der Waals surface area contributed by atoms with Crippen LogP contribution in [0.1, 0.15) is 25.0 Å². The van der Waals surface area contributed by atoms with Crippen molar-refractivity contribution in [1.29, 1.82) is 0 Å². The van der Waals surface area contributed by atoms with Gasteiger partial charge in [0.15, 0.2) is 5.13 Å². The Kier molecular flexibility index (Phi) is 4.60. The zero-order chi connectivity index (χ0) is 17.3. The Labute approximate surface area is 146 Å². The second kappa shape index (κ2) is 6.53. The number of hydrogen-bond acceptors (Lipinski definition) is 4. The lowest BCUT2D eigenvalue weighted by atomic mass is 10.0. The third kappa shape index (κ3) is 3.60. The number of aryl methyl sites for hydroxylation is 1. The Balaban J connectivity index is 1.85. The third-order valence-electron chi connectivity index (χ3n) is 3.72. The summed E-state index contributed by atoms with van der Waals surface area (Å²) in [7, 11) is -3.62. The van der Waals surface area contributed by atoms with Crippen LogP contribution < -0.4 is 4.72 Å². The van der Waals surface area contributed by atoms with Gasteiger partial charge in [-0.05, 0) is 48.6 Å². The number of anilines is 1. The summed E-state index contributed by atoms with van der Waals surface area (Å²) in [5.74, 6) is 0.538. The molecular formula is C18H20N2O2S2. The summed E-state index contributed by atoms with van der Waals surface area (Å²) < 4.78 is 28.7. The molecule has 0 aliphatic carbocycles. The molecule has 0 fully saturated rings. The molecule has 1 aromatic heterocycles. The Morgan fingerprint density at radius 3 is 2.46 bits per heavy atom. The molecule has 0 unspecified atom stereocenters. The van der Waals surface area contributed by atoms with E-state index in [1.165, 1.54) is 11.3 Å². The summed E-state index contributed by atoms with van der Waals surface area (Å²) in [5, 5.41) is 0.394. The molecular weight excluding hydrogens is 340 g/mol. The van der Waals surface area contributed by atoms with Crippen molar-refractivity contribution in [2.75, 3.05) is 4.72 Å². The highest BCUT2D eigenvalue weighted by atomic mass is 32.2. The van der Waals surface area contributed by atoms with Gasteiger partial charge >= 0.3 is 0 Å². The average molecular weight is 361 g/mol. The number of thiazole rings is 1. The Morgan fingerprint density at radius 2 is 1.83 bits per heavy atom. The topological polar surface area (TPSA) is 59.1 Å². The number of nitrogens with zero attached hydrogens (tertiary/aromatic N) is 1. The minimum atomic E-state index is -3.62. The van der Waals surface area contributed by atoms with E-state index in [2.05, 4.69) is 23.6 Å². The van der Waals surface area contributed by atoms with Gasteiger partial charge in [-0.25, -0.2) is 13.4 Å². The fourth-order valence-electron chi connectivity index (χ4n) is 2.58. The highest BCUT2D eigenvalue weighted by molar-refractivity contribution is 7.93. The zero-order valence-corrected chi connectivity index (χ0v) is 15.5. The zero-order valence-electron chi connectivity index (χ0n) is 13.9. The number of benzene rings is 2. The largest absolute Gasteiger partial charge is 0.263 e. The molecule has 1 N–H and O–H groups in total. The van der Waals surface area contributed by atoms with Gasteiger partial charge in [0, 0.05) is 0 Å². The number of rotatable bonds is 5. The van der Waals surface area contributed by atoms with E-state index < -0.39 is 10.0 Å². The molecule has 1 heterocycles. The SMILES string of the molecule is Cc1cccc2sc(NS(=O)(=O)c3ccc(CC(C)C)cc3)nc12. The van der Waals surface area contributed by atoms with Crippen molar-refractivity contribution in [3.63, 3.8) is 0 Å². The standard InChI is InChI=1S/C18H20N2O2S2/c1-12(2)11-14-7-9-15(10-8-14)24(21,22)20-18-19-17-13(3)5-4-6-16(17)23-18/h4-10,12H,11H2,1-3H3,(H,19,20). The third-order valence-corrected chi connectivity index (χ3v) is 6.14. The molecule has 0 bridgehead atoms. The number of hydrogen-bond donors (Lipinski definition) is 1. The van der Waals surface area contributed by atoms with Crippen molar-refractivity contribution in [3.05, 3.63) is 53.6 Å². The first-order chi connectivity index (χ1) is 11.3. The molecule has 2 aromatic carbocycles. The fourth-order valence-corrected chi connectivity index (χ4v) is 4.76. The monoisotopic (exact) mass is 360 g/mol. The molecule has 0 aliphatic rings.